The van der Waals surface area contributed by atoms with Crippen molar-refractivity contribution in [2.75, 3.05) is 26.3 Å². The molecule has 130 valence electrons. The normalized spacial score (nSPS) is 19.0. The molecule has 0 bridgehead atoms. The van der Waals surface area contributed by atoms with Crippen LogP contribution in [-0.4, -0.2) is 63.1 Å². The van der Waals surface area contributed by atoms with Crippen molar-refractivity contribution in [3.8, 4) is 0 Å². The van der Waals surface area contributed by atoms with Crippen molar-refractivity contribution in [1.82, 2.24) is 25.1 Å². The van der Waals surface area contributed by atoms with Crippen LogP contribution < -0.4 is 0 Å². The summed E-state index contributed by atoms with van der Waals surface area (Å²) in [5.41, 5.74) is -0.454. The van der Waals surface area contributed by atoms with Gasteiger partial charge in [-0.15, -0.1) is 10.2 Å². The van der Waals surface area contributed by atoms with Gasteiger partial charge in [-0.25, -0.2) is 4.79 Å². The molecule has 0 radical (unpaired) electrons. The predicted octanol–water partition coefficient (Wildman–Crippen LogP) is 1.42. The third-order valence-electron chi connectivity index (χ3n) is 3.54. The van der Waals surface area contributed by atoms with Crippen molar-refractivity contribution in [2.45, 2.75) is 45.6 Å². The zero-order chi connectivity index (χ0) is 16.9. The van der Waals surface area contributed by atoms with Crippen LogP contribution in [0.25, 0.3) is 0 Å². The Morgan fingerprint density at radius 1 is 1.39 bits per heavy atom. The van der Waals surface area contributed by atoms with E-state index in [0.29, 0.717) is 37.9 Å². The van der Waals surface area contributed by atoms with Gasteiger partial charge < -0.3 is 14.4 Å². The number of rotatable bonds is 5. The van der Waals surface area contributed by atoms with Gasteiger partial charge in [0.1, 0.15) is 5.60 Å². The van der Waals surface area contributed by atoms with Crippen molar-refractivity contribution in [3.63, 3.8) is 0 Å². The van der Waals surface area contributed by atoms with E-state index in [1.807, 2.05) is 20.8 Å². The molecule has 0 unspecified atom stereocenters. The molecular formula is C15H27N5O3. The minimum absolute atomic E-state index is 0.231. The molecule has 1 aliphatic heterocycles. The number of hydrogen-bond acceptors (Lipinski definition) is 6. The molecule has 0 aromatic carbocycles. The highest BCUT2D eigenvalue weighted by Crippen LogP contribution is 2.19. The Labute approximate surface area is 137 Å². The van der Waals surface area contributed by atoms with Gasteiger partial charge in [0.25, 0.3) is 0 Å². The van der Waals surface area contributed by atoms with E-state index in [1.54, 1.807) is 11.9 Å². The Morgan fingerprint density at radius 3 is 2.83 bits per heavy atom. The molecule has 1 amide bonds. The monoisotopic (exact) mass is 325 g/mol. The van der Waals surface area contributed by atoms with Crippen LogP contribution in [0.1, 0.15) is 39.4 Å². The fourth-order valence-electron chi connectivity index (χ4n) is 2.53. The number of hydrogen-bond donors (Lipinski definition) is 0. The number of tetrazole rings is 1. The first-order chi connectivity index (χ1) is 10.8. The molecule has 8 heteroatoms. The van der Waals surface area contributed by atoms with E-state index in [2.05, 4.69) is 15.4 Å². The van der Waals surface area contributed by atoms with E-state index >= 15 is 0 Å². The van der Waals surface area contributed by atoms with Crippen molar-refractivity contribution in [1.29, 1.82) is 0 Å². The fraction of sp³-hybridized carbons (Fsp3) is 0.867. The number of nitrogens with zero attached hydrogens (tertiary/aromatic N) is 5. The number of aromatic nitrogens is 4. The maximum atomic E-state index is 12.1. The molecule has 1 atom stereocenters. The zero-order valence-electron chi connectivity index (χ0n) is 14.5. The molecule has 1 fully saturated rings. The quantitative estimate of drug-likeness (QED) is 0.761. The summed E-state index contributed by atoms with van der Waals surface area (Å²) in [5, 5.41) is 11.8. The van der Waals surface area contributed by atoms with Gasteiger partial charge in [-0.2, -0.15) is 4.80 Å². The Bertz CT molecular complexity index is 511. The van der Waals surface area contributed by atoms with Crippen LogP contribution in [0.3, 0.4) is 0 Å². The number of aryl methyl sites for hydroxylation is 1. The van der Waals surface area contributed by atoms with E-state index < -0.39 is 5.60 Å². The van der Waals surface area contributed by atoms with Gasteiger partial charge in [-0.05, 0) is 38.8 Å². The van der Waals surface area contributed by atoms with Gasteiger partial charge in [-0.1, -0.05) is 0 Å². The largest absolute Gasteiger partial charge is 0.444 e. The summed E-state index contributed by atoms with van der Waals surface area (Å²) in [6.45, 7) is 8.31. The highest BCUT2D eigenvalue weighted by molar-refractivity contribution is 5.68. The lowest BCUT2D eigenvalue weighted by atomic mass is 9.99. The molecule has 0 saturated carbocycles. The summed E-state index contributed by atoms with van der Waals surface area (Å²) in [6, 6.07) is 0. The second kappa shape index (κ2) is 7.72. The molecule has 23 heavy (non-hydrogen) atoms. The highest BCUT2D eigenvalue weighted by atomic mass is 16.6. The standard InChI is InChI=1S/C15H27N5O3/c1-15(2,3)23-14(21)20-8-5-6-12(10-20)11-22-9-7-13-16-18-19(4)17-13/h12H,5-11H2,1-4H3/t12-/m0/s1. The molecule has 2 heterocycles. The Balaban J connectivity index is 1.68. The molecule has 0 aliphatic carbocycles. The van der Waals surface area contributed by atoms with E-state index in [0.717, 1.165) is 19.4 Å². The van der Waals surface area contributed by atoms with Crippen molar-refractivity contribution < 1.29 is 14.3 Å². The molecular weight excluding hydrogens is 298 g/mol. The lowest BCUT2D eigenvalue weighted by molar-refractivity contribution is 0.00769. The average molecular weight is 325 g/mol. The smallest absolute Gasteiger partial charge is 0.410 e. The third kappa shape index (κ3) is 6.13. The average Bonchev–Trinajstić information content (AvgIpc) is 2.88. The van der Waals surface area contributed by atoms with Gasteiger partial charge in [0.2, 0.25) is 0 Å². The number of carbonyl (C=O) groups excluding carboxylic acids is 1. The number of amides is 1. The summed E-state index contributed by atoms with van der Waals surface area (Å²) in [4.78, 5) is 15.3. The second-order valence-corrected chi connectivity index (χ2v) is 6.95. The van der Waals surface area contributed by atoms with Gasteiger partial charge in [0.05, 0.1) is 20.3 Å². The van der Waals surface area contributed by atoms with Crippen LogP contribution in [0.15, 0.2) is 0 Å². The summed E-state index contributed by atoms with van der Waals surface area (Å²) in [5.74, 6) is 1.04. The van der Waals surface area contributed by atoms with E-state index in [9.17, 15) is 4.79 Å². The fourth-order valence-corrected chi connectivity index (χ4v) is 2.53. The number of likely N-dealkylation sites (tertiary alicyclic amines) is 1. The number of carbonyl (C=O) groups is 1. The predicted molar refractivity (Wildman–Crippen MR) is 83.9 cm³/mol. The summed E-state index contributed by atoms with van der Waals surface area (Å²) < 4.78 is 11.2. The molecule has 2 rings (SSSR count). The van der Waals surface area contributed by atoms with Crippen LogP contribution in [0.2, 0.25) is 0 Å². The zero-order valence-corrected chi connectivity index (χ0v) is 14.5. The van der Waals surface area contributed by atoms with Gasteiger partial charge in [0.15, 0.2) is 5.82 Å². The van der Waals surface area contributed by atoms with Crippen LogP contribution in [0.5, 0.6) is 0 Å². The molecule has 1 aromatic rings. The van der Waals surface area contributed by atoms with Crippen molar-refractivity contribution >= 4 is 6.09 Å². The van der Waals surface area contributed by atoms with Gasteiger partial charge >= 0.3 is 6.09 Å². The Kier molecular flexibility index (Phi) is 5.92. The van der Waals surface area contributed by atoms with Crippen molar-refractivity contribution in [2.24, 2.45) is 13.0 Å². The molecule has 0 spiro atoms. The SMILES string of the molecule is Cn1nnc(CCOC[C@H]2CCCN(C(=O)OC(C)(C)C)C2)n1. The summed E-state index contributed by atoms with van der Waals surface area (Å²) in [7, 11) is 1.74. The third-order valence-corrected chi connectivity index (χ3v) is 3.54. The maximum absolute atomic E-state index is 12.1. The van der Waals surface area contributed by atoms with Crippen LogP contribution >= 0.6 is 0 Å². The maximum Gasteiger partial charge on any atom is 0.410 e. The minimum atomic E-state index is -0.454. The van der Waals surface area contributed by atoms with E-state index in [-0.39, 0.29) is 6.09 Å². The first kappa shape index (κ1) is 17.7. The Morgan fingerprint density at radius 2 is 2.17 bits per heavy atom. The molecule has 8 nitrogen and oxygen atoms in total. The van der Waals surface area contributed by atoms with Crippen LogP contribution in [-0.2, 0) is 22.9 Å². The Hall–Kier alpha value is -1.70. The van der Waals surface area contributed by atoms with Crippen LogP contribution in [0.4, 0.5) is 4.79 Å². The number of piperidine rings is 1. The van der Waals surface area contributed by atoms with E-state index in [1.165, 1.54) is 4.80 Å². The highest BCUT2D eigenvalue weighted by Gasteiger charge is 2.27. The van der Waals surface area contributed by atoms with Crippen molar-refractivity contribution in [3.05, 3.63) is 5.82 Å². The number of ether oxygens (including phenoxy) is 2. The minimum Gasteiger partial charge on any atom is -0.444 e. The first-order valence-corrected chi connectivity index (χ1v) is 8.12. The molecule has 1 saturated heterocycles. The van der Waals surface area contributed by atoms with Crippen LogP contribution in [0, 0.1) is 5.92 Å². The topological polar surface area (TPSA) is 82.4 Å². The van der Waals surface area contributed by atoms with E-state index in [4.69, 9.17) is 9.47 Å². The lowest BCUT2D eigenvalue weighted by Crippen LogP contribution is -2.43. The molecule has 1 aromatic heterocycles. The second-order valence-electron chi connectivity index (χ2n) is 6.95. The first-order valence-electron chi connectivity index (χ1n) is 8.12. The molecule has 0 N–H and O–H groups in total. The van der Waals surface area contributed by atoms with Gasteiger partial charge in [-0.3, -0.25) is 0 Å². The van der Waals surface area contributed by atoms with Gasteiger partial charge in [0, 0.05) is 25.4 Å². The lowest BCUT2D eigenvalue weighted by Gasteiger charge is -2.34. The summed E-state index contributed by atoms with van der Waals surface area (Å²) >= 11 is 0. The molecule has 1 aliphatic rings. The summed E-state index contributed by atoms with van der Waals surface area (Å²) in [6.07, 6.45) is 2.48.